The molecule has 2 rings (SSSR count). The molecular weight excluding hydrogens is 252 g/mol. The van der Waals surface area contributed by atoms with Crippen molar-refractivity contribution in [1.29, 1.82) is 0 Å². The molecule has 100 valence electrons. The first-order valence-corrected chi connectivity index (χ1v) is 6.16. The molecule has 0 radical (unpaired) electrons. The molecule has 0 fully saturated rings. The van der Waals surface area contributed by atoms with Crippen LogP contribution in [-0.4, -0.2) is 17.1 Å². The van der Waals surface area contributed by atoms with E-state index in [0.717, 1.165) is 5.56 Å². The molecule has 1 heterocycles. The Hall–Kier alpha value is -2.59. The van der Waals surface area contributed by atoms with Crippen LogP contribution in [0.5, 0.6) is 0 Å². The highest BCUT2D eigenvalue weighted by Gasteiger charge is 2.11. The Balaban J connectivity index is 2.29. The molecule has 0 aliphatic heterocycles. The van der Waals surface area contributed by atoms with Gasteiger partial charge in [0, 0.05) is 18.3 Å². The van der Waals surface area contributed by atoms with Gasteiger partial charge in [-0.05, 0) is 23.8 Å². The largest absolute Gasteiger partial charge is 0.326 e. The molecule has 2 aromatic rings. The van der Waals surface area contributed by atoms with Gasteiger partial charge in [-0.3, -0.25) is 14.6 Å². The number of hydrogen-bond acceptors (Lipinski definition) is 4. The minimum absolute atomic E-state index is 0.0733. The van der Waals surface area contributed by atoms with Gasteiger partial charge in [-0.2, -0.15) is 0 Å². The summed E-state index contributed by atoms with van der Waals surface area (Å²) in [6.45, 7) is 0.415. The molecule has 0 unspecified atom stereocenters. The normalized spacial score (nSPS) is 11.2. The lowest BCUT2D eigenvalue weighted by Crippen LogP contribution is -2.05. The number of carbonyl (C=O) groups excluding carboxylic acids is 2. The van der Waals surface area contributed by atoms with Crippen molar-refractivity contribution in [3.63, 3.8) is 0 Å². The average molecular weight is 266 g/mol. The van der Waals surface area contributed by atoms with Crippen LogP contribution in [0.2, 0.25) is 0 Å². The molecule has 0 bridgehead atoms. The van der Waals surface area contributed by atoms with Gasteiger partial charge in [-0.25, -0.2) is 0 Å². The Kier molecular flexibility index (Phi) is 4.52. The zero-order valence-corrected chi connectivity index (χ0v) is 10.8. The van der Waals surface area contributed by atoms with Gasteiger partial charge in [0.05, 0.1) is 11.3 Å². The van der Waals surface area contributed by atoms with Gasteiger partial charge >= 0.3 is 0 Å². The smallest absolute Gasteiger partial charge is 0.196 e. The summed E-state index contributed by atoms with van der Waals surface area (Å²) in [5, 5.41) is 0. The predicted molar refractivity (Wildman–Crippen MR) is 76.9 cm³/mol. The molecule has 1 aromatic carbocycles. The zero-order valence-electron chi connectivity index (χ0n) is 10.8. The molecule has 4 nitrogen and oxygen atoms in total. The number of carbonyl (C=O) groups is 2. The molecule has 0 aliphatic rings. The van der Waals surface area contributed by atoms with E-state index in [1.54, 1.807) is 48.7 Å². The van der Waals surface area contributed by atoms with E-state index in [4.69, 9.17) is 5.73 Å². The number of ketones is 1. The van der Waals surface area contributed by atoms with Crippen LogP contribution in [0.1, 0.15) is 21.6 Å². The number of hydrogen-bond donors (Lipinski definition) is 1. The van der Waals surface area contributed by atoms with E-state index in [9.17, 15) is 9.59 Å². The molecular formula is C16H14N2O2. The number of Topliss-reactive ketones (excluding diaryl/α,β-unsaturated/α-hetero) is 1. The highest BCUT2D eigenvalue weighted by Crippen LogP contribution is 2.11. The third kappa shape index (κ3) is 3.24. The Morgan fingerprint density at radius 2 is 1.90 bits per heavy atom. The van der Waals surface area contributed by atoms with E-state index in [-0.39, 0.29) is 11.4 Å². The van der Waals surface area contributed by atoms with E-state index in [1.807, 2.05) is 0 Å². The fraction of sp³-hybridized carbons (Fsp3) is 0.0625. The van der Waals surface area contributed by atoms with E-state index >= 15 is 0 Å². The highest BCUT2D eigenvalue weighted by molar-refractivity contribution is 6.22. The van der Waals surface area contributed by atoms with Gasteiger partial charge in [0.25, 0.3) is 0 Å². The predicted octanol–water partition coefficient (Wildman–Crippen LogP) is 2.01. The lowest BCUT2D eigenvalue weighted by Gasteiger charge is -2.02. The van der Waals surface area contributed by atoms with Crippen LogP contribution in [0.25, 0.3) is 6.08 Å². The lowest BCUT2D eigenvalue weighted by atomic mass is 10.0. The van der Waals surface area contributed by atoms with E-state index in [1.165, 1.54) is 6.08 Å². The van der Waals surface area contributed by atoms with Crippen LogP contribution < -0.4 is 5.73 Å². The second-order valence-electron chi connectivity index (χ2n) is 4.20. The molecule has 2 N–H and O–H groups in total. The Bertz CT molecular complexity index is 631. The summed E-state index contributed by atoms with van der Waals surface area (Å²) in [5.74, 6) is -0.325. The van der Waals surface area contributed by atoms with Crippen LogP contribution >= 0.6 is 0 Å². The molecule has 0 aliphatic carbocycles. The lowest BCUT2D eigenvalue weighted by molar-refractivity contribution is -0.104. The first-order chi connectivity index (χ1) is 9.74. The highest BCUT2D eigenvalue weighted by atomic mass is 16.1. The van der Waals surface area contributed by atoms with Crippen molar-refractivity contribution in [3.05, 3.63) is 71.1 Å². The van der Waals surface area contributed by atoms with Crippen molar-refractivity contribution in [2.45, 2.75) is 6.54 Å². The minimum atomic E-state index is -0.325. The van der Waals surface area contributed by atoms with Crippen molar-refractivity contribution in [1.82, 2.24) is 4.98 Å². The molecule has 0 saturated heterocycles. The molecule has 0 spiro atoms. The molecule has 0 amide bonds. The number of aldehydes is 1. The summed E-state index contributed by atoms with van der Waals surface area (Å²) < 4.78 is 0. The first kappa shape index (κ1) is 13.8. The molecule has 0 saturated carbocycles. The fourth-order valence-electron chi connectivity index (χ4n) is 1.73. The summed E-state index contributed by atoms with van der Waals surface area (Å²) >= 11 is 0. The molecule has 1 aromatic heterocycles. The first-order valence-electron chi connectivity index (χ1n) is 6.16. The van der Waals surface area contributed by atoms with Crippen LogP contribution in [0.15, 0.2) is 54.2 Å². The average Bonchev–Trinajstić information content (AvgIpc) is 2.53. The maximum atomic E-state index is 12.2. The fourth-order valence-corrected chi connectivity index (χ4v) is 1.73. The number of nitrogens with zero attached hydrogens (tertiary/aromatic N) is 1. The minimum Gasteiger partial charge on any atom is -0.326 e. The van der Waals surface area contributed by atoms with Gasteiger partial charge in [-0.15, -0.1) is 0 Å². The standard InChI is InChI=1S/C16H14N2O2/c17-10-12-4-6-13(7-5-12)16(20)14(11-19)9-15-3-1-2-8-18-15/h1-9,11H,10,17H2/b14-9+. The second-order valence-corrected chi connectivity index (χ2v) is 4.20. The van der Waals surface area contributed by atoms with Gasteiger partial charge in [0.1, 0.15) is 0 Å². The maximum Gasteiger partial charge on any atom is 0.196 e. The number of allylic oxidation sites excluding steroid dienone is 1. The SMILES string of the molecule is NCc1ccc(C(=O)/C(C=O)=C/c2ccccn2)cc1. The van der Waals surface area contributed by atoms with Gasteiger partial charge < -0.3 is 5.73 Å². The second kappa shape index (κ2) is 6.54. The Morgan fingerprint density at radius 3 is 2.45 bits per heavy atom. The summed E-state index contributed by atoms with van der Waals surface area (Å²) in [6, 6.07) is 12.2. The quantitative estimate of drug-likeness (QED) is 0.295. The summed E-state index contributed by atoms with van der Waals surface area (Å²) in [7, 11) is 0. The number of pyridine rings is 1. The van der Waals surface area contributed by atoms with Gasteiger partial charge in [-0.1, -0.05) is 30.3 Å². The topological polar surface area (TPSA) is 73.1 Å². The van der Waals surface area contributed by atoms with Crippen LogP contribution in [-0.2, 0) is 11.3 Å². The van der Waals surface area contributed by atoms with Crippen LogP contribution in [0.3, 0.4) is 0 Å². The number of rotatable bonds is 5. The number of benzene rings is 1. The molecule has 0 atom stereocenters. The van der Waals surface area contributed by atoms with Crippen molar-refractivity contribution >= 4 is 18.1 Å². The monoisotopic (exact) mass is 266 g/mol. The van der Waals surface area contributed by atoms with Crippen molar-refractivity contribution < 1.29 is 9.59 Å². The zero-order chi connectivity index (χ0) is 14.4. The van der Waals surface area contributed by atoms with Gasteiger partial charge in [0.2, 0.25) is 0 Å². The molecule has 4 heteroatoms. The van der Waals surface area contributed by atoms with E-state index < -0.39 is 0 Å². The number of nitrogens with two attached hydrogens (primary N) is 1. The van der Waals surface area contributed by atoms with Crippen LogP contribution in [0.4, 0.5) is 0 Å². The van der Waals surface area contributed by atoms with Crippen LogP contribution in [0, 0.1) is 0 Å². The van der Waals surface area contributed by atoms with Crippen molar-refractivity contribution in [2.75, 3.05) is 0 Å². The summed E-state index contributed by atoms with van der Waals surface area (Å²) in [6.07, 6.45) is 3.63. The van der Waals surface area contributed by atoms with E-state index in [2.05, 4.69) is 4.98 Å². The Morgan fingerprint density at radius 1 is 1.15 bits per heavy atom. The number of aromatic nitrogens is 1. The Labute approximate surface area is 117 Å². The van der Waals surface area contributed by atoms with Gasteiger partial charge in [0.15, 0.2) is 12.1 Å². The molecule has 20 heavy (non-hydrogen) atoms. The van der Waals surface area contributed by atoms with Crippen molar-refractivity contribution in [3.8, 4) is 0 Å². The summed E-state index contributed by atoms with van der Waals surface area (Å²) in [5.41, 5.74) is 7.54. The van der Waals surface area contributed by atoms with E-state index in [0.29, 0.717) is 24.1 Å². The summed E-state index contributed by atoms with van der Waals surface area (Å²) in [4.78, 5) is 27.4. The third-order valence-corrected chi connectivity index (χ3v) is 2.83. The third-order valence-electron chi connectivity index (χ3n) is 2.83. The van der Waals surface area contributed by atoms with Crippen molar-refractivity contribution in [2.24, 2.45) is 5.73 Å². The maximum absolute atomic E-state index is 12.2.